The monoisotopic (exact) mass is 637 g/mol. The van der Waals surface area contributed by atoms with Crippen molar-refractivity contribution in [3.63, 3.8) is 0 Å². The van der Waals surface area contributed by atoms with Crippen LogP contribution in [0.25, 0.3) is 11.1 Å². The van der Waals surface area contributed by atoms with E-state index in [-0.39, 0.29) is 35.1 Å². The molecule has 2 amide bonds. The summed E-state index contributed by atoms with van der Waals surface area (Å²) in [6.45, 7) is 8.21. The molecule has 0 unspecified atom stereocenters. The number of carbonyl (C=O) groups is 2. The van der Waals surface area contributed by atoms with Crippen LogP contribution in [-0.4, -0.2) is 69.3 Å². The molecule has 2 aliphatic rings. The Morgan fingerprint density at radius 3 is 2.36 bits per heavy atom. The maximum absolute atomic E-state index is 13.5. The van der Waals surface area contributed by atoms with Gasteiger partial charge in [-0.3, -0.25) is 19.2 Å². The Kier molecular flexibility index (Phi) is 9.47. The fraction of sp³-hybridized carbons (Fsp3) is 0.562. The van der Waals surface area contributed by atoms with Gasteiger partial charge in [0.2, 0.25) is 21.8 Å². The van der Waals surface area contributed by atoms with E-state index in [1.807, 2.05) is 11.8 Å². The summed E-state index contributed by atoms with van der Waals surface area (Å²) >= 11 is 0. The zero-order valence-corrected chi connectivity index (χ0v) is 26.9. The van der Waals surface area contributed by atoms with Crippen molar-refractivity contribution in [2.45, 2.75) is 89.6 Å². The van der Waals surface area contributed by atoms with E-state index in [0.29, 0.717) is 41.7 Å². The molecule has 3 atom stereocenters. The number of alkyl halides is 3. The maximum atomic E-state index is 13.5. The molecule has 0 aromatic heterocycles. The van der Waals surface area contributed by atoms with Gasteiger partial charge in [-0.2, -0.15) is 13.2 Å². The first-order valence-corrected chi connectivity index (χ1v) is 16.6. The number of rotatable bonds is 9. The number of carbonyl (C=O) groups excluding carboxylic acids is 2. The summed E-state index contributed by atoms with van der Waals surface area (Å²) in [5.74, 6) is -0.435. The van der Waals surface area contributed by atoms with Gasteiger partial charge in [-0.25, -0.2) is 8.42 Å². The molecule has 2 fully saturated rings. The van der Waals surface area contributed by atoms with Gasteiger partial charge in [-0.1, -0.05) is 44.2 Å². The summed E-state index contributed by atoms with van der Waals surface area (Å²) in [7, 11) is -1.89. The van der Waals surface area contributed by atoms with Crippen LogP contribution in [0.15, 0.2) is 42.5 Å². The van der Waals surface area contributed by atoms with Crippen LogP contribution < -0.4 is 14.8 Å². The number of likely N-dealkylation sites (tertiary alicyclic amines) is 1. The number of hydrogen-bond donors (Lipinski definition) is 2. The zero-order valence-electron chi connectivity index (χ0n) is 26.0. The lowest BCUT2D eigenvalue weighted by molar-refractivity contribution is -0.127. The number of benzene rings is 2. The van der Waals surface area contributed by atoms with Crippen molar-refractivity contribution in [2.24, 2.45) is 5.41 Å². The SMILES string of the molecule is CN1CC(C)(C)C[C@H]1C(=O)N[C@@H]1CC[C@@H](Oc2ccc(C(C)(C)C(=O)NS(C)(=O)=O)cc2-c2ccccc2CC(F)(F)F)C1. The molecule has 1 aliphatic heterocycles. The lowest BCUT2D eigenvalue weighted by Gasteiger charge is -2.26. The third-order valence-electron chi connectivity index (χ3n) is 8.53. The molecule has 4 rings (SSSR count). The van der Waals surface area contributed by atoms with Gasteiger partial charge in [0, 0.05) is 24.6 Å². The largest absolute Gasteiger partial charge is 0.490 e. The maximum Gasteiger partial charge on any atom is 0.393 e. The van der Waals surface area contributed by atoms with Crippen molar-refractivity contribution in [2.75, 3.05) is 19.8 Å². The highest BCUT2D eigenvalue weighted by Gasteiger charge is 2.40. The standard InChI is InChI=1S/C32H42F3N3O5S/c1-30(2)18-26(38(5)19-30)28(39)36-22-12-13-23(16-22)43-27-14-11-21(31(3,4)29(40)37-44(6,41)42)15-25(27)24-10-8-7-9-20(24)17-32(33,34)35/h7-11,14-15,22-23,26H,12-13,16-19H2,1-6H3,(H,36,39)(H,37,40)/t22-,23-,26+/m1/s1. The van der Waals surface area contributed by atoms with Gasteiger partial charge >= 0.3 is 6.18 Å². The smallest absolute Gasteiger partial charge is 0.393 e. The molecule has 1 aliphatic carbocycles. The van der Waals surface area contributed by atoms with Crippen LogP contribution in [0.1, 0.15) is 64.5 Å². The Morgan fingerprint density at radius 2 is 1.75 bits per heavy atom. The van der Waals surface area contributed by atoms with Crippen molar-refractivity contribution < 1.29 is 35.9 Å². The Labute approximate surface area is 257 Å². The van der Waals surface area contributed by atoms with Crippen LogP contribution in [-0.2, 0) is 31.4 Å². The first kappa shape index (κ1) is 33.8. The Morgan fingerprint density at radius 1 is 1.07 bits per heavy atom. The molecule has 242 valence electrons. The second kappa shape index (κ2) is 12.3. The van der Waals surface area contributed by atoms with Gasteiger partial charge in [0.1, 0.15) is 11.9 Å². The van der Waals surface area contributed by atoms with Crippen LogP contribution >= 0.6 is 0 Å². The zero-order chi connectivity index (χ0) is 32.7. The molecule has 2 aromatic rings. The van der Waals surface area contributed by atoms with E-state index in [1.54, 1.807) is 44.2 Å². The predicted octanol–water partition coefficient (Wildman–Crippen LogP) is 4.96. The van der Waals surface area contributed by atoms with Gasteiger partial charge in [0.15, 0.2) is 0 Å². The van der Waals surface area contributed by atoms with E-state index in [4.69, 9.17) is 4.74 Å². The molecular weight excluding hydrogens is 595 g/mol. The predicted molar refractivity (Wildman–Crippen MR) is 163 cm³/mol. The molecule has 1 saturated carbocycles. The molecule has 0 spiro atoms. The van der Waals surface area contributed by atoms with Gasteiger partial charge < -0.3 is 10.1 Å². The average molecular weight is 638 g/mol. The Bertz CT molecular complexity index is 1510. The minimum Gasteiger partial charge on any atom is -0.490 e. The molecule has 44 heavy (non-hydrogen) atoms. The first-order chi connectivity index (χ1) is 20.2. The van der Waals surface area contributed by atoms with E-state index < -0.39 is 33.9 Å². The number of hydrogen-bond acceptors (Lipinski definition) is 6. The number of sulfonamides is 1. The van der Waals surface area contributed by atoms with E-state index >= 15 is 0 Å². The lowest BCUT2D eigenvalue weighted by atomic mass is 9.82. The van der Waals surface area contributed by atoms with Gasteiger partial charge in [-0.15, -0.1) is 0 Å². The highest BCUT2D eigenvalue weighted by molar-refractivity contribution is 7.89. The third kappa shape index (κ3) is 8.32. The second-order valence-electron chi connectivity index (χ2n) is 13.5. The number of halogens is 3. The summed E-state index contributed by atoms with van der Waals surface area (Å²) in [6.07, 6.45) is -2.37. The molecule has 2 aromatic carbocycles. The summed E-state index contributed by atoms with van der Waals surface area (Å²) < 4.78 is 72.6. The average Bonchev–Trinajstić information content (AvgIpc) is 3.44. The van der Waals surface area contributed by atoms with Crippen molar-refractivity contribution in [1.82, 2.24) is 14.9 Å². The van der Waals surface area contributed by atoms with E-state index in [9.17, 15) is 31.2 Å². The topological polar surface area (TPSA) is 105 Å². The number of ether oxygens (including phenoxy) is 1. The number of nitrogens with one attached hydrogen (secondary N) is 2. The van der Waals surface area contributed by atoms with E-state index in [0.717, 1.165) is 19.2 Å². The number of likely N-dealkylation sites (N-methyl/N-ethyl adjacent to an activating group) is 1. The number of amides is 2. The summed E-state index contributed by atoms with van der Waals surface area (Å²) in [4.78, 5) is 28.1. The molecular formula is C32H42F3N3O5S. The normalized spacial score (nSPS) is 22.5. The van der Waals surface area contributed by atoms with Crippen molar-refractivity contribution in [1.29, 1.82) is 0 Å². The highest BCUT2D eigenvalue weighted by Crippen LogP contribution is 2.40. The number of nitrogens with zero attached hydrogens (tertiary/aromatic N) is 1. The summed E-state index contributed by atoms with van der Waals surface area (Å²) in [6, 6.07) is 10.7. The minimum atomic E-state index is -4.46. The Balaban J connectivity index is 1.61. The fourth-order valence-electron chi connectivity index (χ4n) is 6.29. The van der Waals surface area contributed by atoms with Gasteiger partial charge in [0.05, 0.1) is 24.1 Å². The van der Waals surface area contributed by atoms with Crippen LogP contribution in [0.3, 0.4) is 0 Å². The molecule has 1 heterocycles. The quantitative estimate of drug-likeness (QED) is 0.403. The third-order valence-corrected chi connectivity index (χ3v) is 9.08. The molecule has 2 N–H and O–H groups in total. The summed E-state index contributed by atoms with van der Waals surface area (Å²) in [5.41, 5.74) is -0.160. The van der Waals surface area contributed by atoms with E-state index in [1.165, 1.54) is 12.1 Å². The van der Waals surface area contributed by atoms with Gasteiger partial charge in [-0.05, 0) is 74.4 Å². The van der Waals surface area contributed by atoms with Crippen molar-refractivity contribution >= 4 is 21.8 Å². The Hall–Kier alpha value is -3.12. The molecule has 0 radical (unpaired) electrons. The van der Waals surface area contributed by atoms with E-state index in [2.05, 4.69) is 24.1 Å². The van der Waals surface area contributed by atoms with Crippen LogP contribution in [0.2, 0.25) is 0 Å². The van der Waals surface area contributed by atoms with Gasteiger partial charge in [0.25, 0.3) is 0 Å². The highest BCUT2D eigenvalue weighted by atomic mass is 32.2. The molecule has 1 saturated heterocycles. The second-order valence-corrected chi connectivity index (χ2v) is 15.3. The summed E-state index contributed by atoms with van der Waals surface area (Å²) in [5, 5.41) is 3.17. The molecule has 12 heteroatoms. The van der Waals surface area contributed by atoms with Crippen molar-refractivity contribution in [3.05, 3.63) is 53.6 Å². The van der Waals surface area contributed by atoms with Crippen LogP contribution in [0.5, 0.6) is 5.75 Å². The minimum absolute atomic E-state index is 0.00977. The van der Waals surface area contributed by atoms with Crippen LogP contribution in [0.4, 0.5) is 13.2 Å². The molecule has 0 bridgehead atoms. The van der Waals surface area contributed by atoms with Crippen molar-refractivity contribution in [3.8, 4) is 16.9 Å². The van der Waals surface area contributed by atoms with Crippen LogP contribution in [0, 0.1) is 5.41 Å². The lowest BCUT2D eigenvalue weighted by Crippen LogP contribution is -2.45. The molecule has 8 nitrogen and oxygen atoms in total. The fourth-order valence-corrected chi connectivity index (χ4v) is 6.88. The first-order valence-electron chi connectivity index (χ1n) is 14.7.